The quantitative estimate of drug-likeness (QED) is 0.635. The Hall–Kier alpha value is -1.85. The fourth-order valence-corrected chi connectivity index (χ4v) is 1.87. The van der Waals surface area contributed by atoms with Gasteiger partial charge in [0.25, 0.3) is 11.8 Å². The third-order valence-corrected chi connectivity index (χ3v) is 3.28. The maximum absolute atomic E-state index is 11.5. The highest BCUT2D eigenvalue weighted by molar-refractivity contribution is 6.42. The van der Waals surface area contributed by atoms with Crippen LogP contribution in [0, 0.1) is 0 Å². The molecule has 0 radical (unpaired) electrons. The Bertz CT molecular complexity index is 596. The highest BCUT2D eigenvalue weighted by Crippen LogP contribution is 2.23. The second-order valence-electron chi connectivity index (χ2n) is 4.00. The monoisotopic (exact) mass is 313 g/mol. The topological polar surface area (TPSA) is 63.7 Å². The van der Waals surface area contributed by atoms with Crippen LogP contribution in [-0.4, -0.2) is 22.8 Å². The second-order valence-corrected chi connectivity index (χ2v) is 4.81. The van der Waals surface area contributed by atoms with Gasteiger partial charge < -0.3 is 4.84 Å². The summed E-state index contributed by atoms with van der Waals surface area (Å²) in [5, 5.41) is 1.24. The average molecular weight is 314 g/mol. The number of nitrogens with zero attached hydrogens (tertiary/aromatic N) is 1. The molecular formula is C13H9Cl2NO4. The van der Waals surface area contributed by atoms with E-state index >= 15 is 0 Å². The van der Waals surface area contributed by atoms with E-state index in [2.05, 4.69) is 4.84 Å². The van der Waals surface area contributed by atoms with Gasteiger partial charge in [-0.2, -0.15) is 0 Å². The predicted octanol–water partition coefficient (Wildman–Crippen LogP) is 2.61. The van der Waals surface area contributed by atoms with Crippen molar-refractivity contribution in [1.82, 2.24) is 5.06 Å². The molecule has 2 rings (SSSR count). The first-order chi connectivity index (χ1) is 9.47. The van der Waals surface area contributed by atoms with Gasteiger partial charge in [-0.05, 0) is 23.8 Å². The van der Waals surface area contributed by atoms with Crippen LogP contribution < -0.4 is 0 Å². The maximum Gasteiger partial charge on any atom is 0.356 e. The summed E-state index contributed by atoms with van der Waals surface area (Å²) in [6.07, 6.45) is 2.65. The lowest BCUT2D eigenvalue weighted by Crippen LogP contribution is -2.31. The van der Waals surface area contributed by atoms with Crippen LogP contribution in [0.4, 0.5) is 0 Å². The Balaban J connectivity index is 2.00. The van der Waals surface area contributed by atoms with Crippen LogP contribution in [-0.2, 0) is 19.2 Å². The number of imide groups is 1. The Kier molecular flexibility index (Phi) is 4.42. The summed E-state index contributed by atoms with van der Waals surface area (Å²) in [4.78, 5) is 38.7. The minimum absolute atomic E-state index is 0.0582. The summed E-state index contributed by atoms with van der Waals surface area (Å²) in [7, 11) is 0. The van der Waals surface area contributed by atoms with Crippen molar-refractivity contribution in [3.05, 3.63) is 39.9 Å². The zero-order chi connectivity index (χ0) is 14.7. The van der Waals surface area contributed by atoms with Crippen molar-refractivity contribution in [2.24, 2.45) is 0 Å². The molecule has 1 aliphatic rings. The van der Waals surface area contributed by atoms with Gasteiger partial charge in [-0.1, -0.05) is 29.3 Å². The third-order valence-electron chi connectivity index (χ3n) is 2.54. The lowest BCUT2D eigenvalue weighted by atomic mass is 10.2. The van der Waals surface area contributed by atoms with Gasteiger partial charge in [0, 0.05) is 18.9 Å². The van der Waals surface area contributed by atoms with Gasteiger partial charge in [0.1, 0.15) is 0 Å². The smallest absolute Gasteiger partial charge is 0.326 e. The van der Waals surface area contributed by atoms with Crippen LogP contribution in [0.1, 0.15) is 18.4 Å². The lowest BCUT2D eigenvalue weighted by Gasteiger charge is -2.10. The van der Waals surface area contributed by atoms with Crippen LogP contribution in [0.2, 0.25) is 10.0 Å². The van der Waals surface area contributed by atoms with Crippen LogP contribution in [0.15, 0.2) is 24.3 Å². The molecule has 1 fully saturated rings. The first-order valence-electron chi connectivity index (χ1n) is 5.68. The van der Waals surface area contributed by atoms with Gasteiger partial charge in [-0.25, -0.2) is 4.79 Å². The zero-order valence-corrected chi connectivity index (χ0v) is 11.6. The van der Waals surface area contributed by atoms with Gasteiger partial charge in [-0.15, -0.1) is 5.06 Å². The van der Waals surface area contributed by atoms with Crippen molar-refractivity contribution in [3.63, 3.8) is 0 Å². The maximum atomic E-state index is 11.5. The summed E-state index contributed by atoms with van der Waals surface area (Å²) in [5.41, 5.74) is 0.635. The number of amides is 2. The van der Waals surface area contributed by atoms with E-state index in [0.29, 0.717) is 20.7 Å². The molecule has 1 aromatic carbocycles. The molecule has 7 heteroatoms. The fraction of sp³-hybridized carbons (Fsp3) is 0.154. The number of halogens is 2. The number of rotatable bonds is 3. The minimum Gasteiger partial charge on any atom is -0.326 e. The largest absolute Gasteiger partial charge is 0.356 e. The third kappa shape index (κ3) is 3.37. The molecule has 0 N–H and O–H groups in total. The minimum atomic E-state index is -0.820. The number of hydrogen-bond acceptors (Lipinski definition) is 4. The van der Waals surface area contributed by atoms with E-state index in [1.165, 1.54) is 6.08 Å². The highest BCUT2D eigenvalue weighted by atomic mass is 35.5. The van der Waals surface area contributed by atoms with Crippen molar-refractivity contribution in [3.8, 4) is 0 Å². The molecule has 2 amide bonds. The van der Waals surface area contributed by atoms with E-state index in [-0.39, 0.29) is 12.8 Å². The molecule has 1 aromatic rings. The number of carbonyl (C=O) groups excluding carboxylic acids is 3. The lowest BCUT2D eigenvalue weighted by molar-refractivity contribution is -0.193. The average Bonchev–Trinajstić information content (AvgIpc) is 2.72. The van der Waals surface area contributed by atoms with E-state index in [0.717, 1.165) is 6.08 Å². The summed E-state index contributed by atoms with van der Waals surface area (Å²) in [6, 6.07) is 4.81. The van der Waals surface area contributed by atoms with Crippen molar-refractivity contribution in [2.45, 2.75) is 12.8 Å². The number of hydrogen-bond donors (Lipinski definition) is 0. The van der Waals surface area contributed by atoms with Crippen molar-refractivity contribution >= 4 is 47.1 Å². The molecule has 1 saturated heterocycles. The molecule has 0 saturated carbocycles. The Morgan fingerprint density at radius 2 is 1.80 bits per heavy atom. The van der Waals surface area contributed by atoms with Crippen molar-refractivity contribution in [1.29, 1.82) is 0 Å². The van der Waals surface area contributed by atoms with Crippen LogP contribution >= 0.6 is 23.2 Å². The first kappa shape index (κ1) is 14.6. The van der Waals surface area contributed by atoms with Gasteiger partial charge in [0.15, 0.2) is 0 Å². The molecule has 20 heavy (non-hydrogen) atoms. The Morgan fingerprint density at radius 3 is 2.40 bits per heavy atom. The molecule has 0 aliphatic carbocycles. The molecule has 1 aliphatic heterocycles. The Labute approximate surface area is 124 Å². The van der Waals surface area contributed by atoms with E-state index < -0.39 is 17.8 Å². The molecule has 0 unspecified atom stereocenters. The van der Waals surface area contributed by atoms with E-state index in [1.807, 2.05) is 0 Å². The van der Waals surface area contributed by atoms with Gasteiger partial charge in [0.05, 0.1) is 10.0 Å². The van der Waals surface area contributed by atoms with Crippen LogP contribution in [0.5, 0.6) is 0 Å². The van der Waals surface area contributed by atoms with Gasteiger partial charge in [0.2, 0.25) is 0 Å². The first-order valence-corrected chi connectivity index (χ1v) is 6.44. The molecule has 0 bridgehead atoms. The molecule has 104 valence electrons. The standard InChI is InChI=1S/C13H9Cl2NO4/c14-9-3-1-8(7-10(9)15)2-6-13(19)20-16-11(17)4-5-12(16)18/h1-3,6-7H,4-5H2. The summed E-state index contributed by atoms with van der Waals surface area (Å²) >= 11 is 11.6. The Morgan fingerprint density at radius 1 is 1.15 bits per heavy atom. The molecule has 1 heterocycles. The highest BCUT2D eigenvalue weighted by Gasteiger charge is 2.32. The van der Waals surface area contributed by atoms with E-state index in [1.54, 1.807) is 18.2 Å². The summed E-state index contributed by atoms with van der Waals surface area (Å²) in [6.45, 7) is 0. The van der Waals surface area contributed by atoms with E-state index in [4.69, 9.17) is 23.2 Å². The summed E-state index contributed by atoms with van der Waals surface area (Å²) in [5.74, 6) is -1.86. The second kappa shape index (κ2) is 6.07. The number of hydroxylamine groups is 2. The van der Waals surface area contributed by atoms with Gasteiger partial charge >= 0.3 is 5.97 Å². The number of benzene rings is 1. The van der Waals surface area contributed by atoms with Gasteiger partial charge in [-0.3, -0.25) is 9.59 Å². The molecule has 0 atom stereocenters. The molecule has 0 spiro atoms. The zero-order valence-electron chi connectivity index (χ0n) is 10.1. The fourth-order valence-electron chi connectivity index (χ4n) is 1.56. The molecule has 5 nitrogen and oxygen atoms in total. The molecule has 0 aromatic heterocycles. The number of carbonyl (C=O) groups is 3. The summed E-state index contributed by atoms with van der Waals surface area (Å²) < 4.78 is 0. The predicted molar refractivity (Wildman–Crippen MR) is 72.7 cm³/mol. The SMILES string of the molecule is O=C(C=Cc1ccc(Cl)c(Cl)c1)ON1C(=O)CCC1=O. The van der Waals surface area contributed by atoms with E-state index in [9.17, 15) is 14.4 Å². The van der Waals surface area contributed by atoms with Crippen molar-refractivity contribution < 1.29 is 19.2 Å². The van der Waals surface area contributed by atoms with Crippen LogP contribution in [0.25, 0.3) is 6.08 Å². The molecular weight excluding hydrogens is 305 g/mol. The van der Waals surface area contributed by atoms with Crippen molar-refractivity contribution in [2.75, 3.05) is 0 Å². The normalized spacial score (nSPS) is 15.2. The van der Waals surface area contributed by atoms with Crippen LogP contribution in [0.3, 0.4) is 0 Å².